The molecule has 21 heavy (non-hydrogen) atoms. The molecule has 0 saturated carbocycles. The first-order chi connectivity index (χ1) is 9.93. The van der Waals surface area contributed by atoms with Gasteiger partial charge in [-0.05, 0) is 43.0 Å². The maximum Gasteiger partial charge on any atom is 0.335 e. The third-order valence-corrected chi connectivity index (χ3v) is 5.56. The fourth-order valence-electron chi connectivity index (χ4n) is 2.70. The molecule has 2 rings (SSSR count). The fraction of sp³-hybridized carbons (Fsp3) is 0.533. The zero-order valence-electron chi connectivity index (χ0n) is 12.2. The lowest BCUT2D eigenvalue weighted by atomic mass is 9.99. The molecule has 0 aliphatic carbocycles. The Morgan fingerprint density at radius 2 is 2.10 bits per heavy atom. The van der Waals surface area contributed by atoms with E-state index in [0.717, 1.165) is 30.6 Å². The van der Waals surface area contributed by atoms with E-state index in [2.05, 4.69) is 4.90 Å². The third-order valence-electron chi connectivity index (χ3n) is 3.73. The van der Waals surface area contributed by atoms with Crippen LogP contribution in [0.2, 0.25) is 0 Å². The van der Waals surface area contributed by atoms with E-state index >= 15 is 0 Å². The number of rotatable bonds is 6. The SMILES string of the molecule is CCCS(=O)(=O)CCN1CCCc2cc(C(=O)O)ccc21. The van der Waals surface area contributed by atoms with Crippen LogP contribution >= 0.6 is 0 Å². The van der Waals surface area contributed by atoms with Crippen molar-refractivity contribution in [3.05, 3.63) is 29.3 Å². The number of aromatic carboxylic acids is 1. The molecular weight excluding hydrogens is 290 g/mol. The molecule has 1 N–H and O–H groups in total. The highest BCUT2D eigenvalue weighted by atomic mass is 32.2. The van der Waals surface area contributed by atoms with Gasteiger partial charge in [0, 0.05) is 24.5 Å². The highest BCUT2D eigenvalue weighted by Crippen LogP contribution is 2.28. The predicted octanol–water partition coefficient (Wildman–Crippen LogP) is 1.96. The van der Waals surface area contributed by atoms with Gasteiger partial charge in [-0.15, -0.1) is 0 Å². The number of benzene rings is 1. The molecular formula is C15H21NO4S. The van der Waals surface area contributed by atoms with Crippen molar-refractivity contribution in [1.29, 1.82) is 0 Å². The number of fused-ring (bicyclic) bond motifs is 1. The molecule has 1 aromatic carbocycles. The quantitative estimate of drug-likeness (QED) is 0.869. The van der Waals surface area contributed by atoms with Gasteiger partial charge in [-0.2, -0.15) is 0 Å². The summed E-state index contributed by atoms with van der Waals surface area (Å²) in [5.74, 6) is -0.549. The molecule has 0 aromatic heterocycles. The van der Waals surface area contributed by atoms with Gasteiger partial charge in [0.1, 0.15) is 0 Å². The summed E-state index contributed by atoms with van der Waals surface area (Å²) in [4.78, 5) is 13.1. The second-order valence-corrected chi connectivity index (χ2v) is 7.69. The lowest BCUT2D eigenvalue weighted by Gasteiger charge is -2.31. The summed E-state index contributed by atoms with van der Waals surface area (Å²) >= 11 is 0. The molecule has 0 fully saturated rings. The monoisotopic (exact) mass is 311 g/mol. The minimum absolute atomic E-state index is 0.154. The minimum Gasteiger partial charge on any atom is -0.478 e. The second kappa shape index (κ2) is 6.47. The Bertz CT molecular complexity index is 625. The second-order valence-electron chi connectivity index (χ2n) is 5.39. The predicted molar refractivity (Wildman–Crippen MR) is 82.9 cm³/mol. The Hall–Kier alpha value is -1.56. The molecule has 0 spiro atoms. The van der Waals surface area contributed by atoms with Crippen LogP contribution in [-0.2, 0) is 16.3 Å². The number of anilines is 1. The van der Waals surface area contributed by atoms with Crippen LogP contribution in [0.1, 0.15) is 35.7 Å². The summed E-state index contributed by atoms with van der Waals surface area (Å²) in [6.45, 7) is 3.16. The number of nitrogens with zero attached hydrogens (tertiary/aromatic N) is 1. The smallest absolute Gasteiger partial charge is 0.335 e. The Balaban J connectivity index is 2.13. The molecule has 0 atom stereocenters. The molecule has 1 aliphatic rings. The Labute approximate surface area is 125 Å². The van der Waals surface area contributed by atoms with E-state index in [4.69, 9.17) is 5.11 Å². The third kappa shape index (κ3) is 3.97. The zero-order valence-corrected chi connectivity index (χ0v) is 13.0. The van der Waals surface area contributed by atoms with Crippen molar-refractivity contribution in [2.75, 3.05) is 29.5 Å². The number of hydrogen-bond acceptors (Lipinski definition) is 4. The largest absolute Gasteiger partial charge is 0.478 e. The molecule has 116 valence electrons. The van der Waals surface area contributed by atoms with Crippen LogP contribution in [0, 0.1) is 0 Å². The van der Waals surface area contributed by atoms with Gasteiger partial charge < -0.3 is 10.0 Å². The highest BCUT2D eigenvalue weighted by Gasteiger charge is 2.20. The summed E-state index contributed by atoms with van der Waals surface area (Å²) in [7, 11) is -2.99. The van der Waals surface area contributed by atoms with Crippen LogP contribution in [0.25, 0.3) is 0 Å². The summed E-state index contributed by atoms with van der Waals surface area (Å²) in [6.07, 6.45) is 2.40. The van der Waals surface area contributed by atoms with Crippen LogP contribution in [-0.4, -0.2) is 44.1 Å². The van der Waals surface area contributed by atoms with Crippen LogP contribution < -0.4 is 4.90 Å². The molecule has 1 aliphatic heterocycles. The number of carbonyl (C=O) groups is 1. The summed E-state index contributed by atoms with van der Waals surface area (Å²) < 4.78 is 23.6. The zero-order chi connectivity index (χ0) is 15.5. The van der Waals surface area contributed by atoms with Gasteiger partial charge in [0.2, 0.25) is 0 Å². The van der Waals surface area contributed by atoms with Crippen molar-refractivity contribution in [3.63, 3.8) is 0 Å². The van der Waals surface area contributed by atoms with Crippen molar-refractivity contribution >= 4 is 21.5 Å². The first-order valence-electron chi connectivity index (χ1n) is 7.24. The van der Waals surface area contributed by atoms with Gasteiger partial charge in [-0.25, -0.2) is 13.2 Å². The maximum atomic E-state index is 11.8. The van der Waals surface area contributed by atoms with E-state index in [1.54, 1.807) is 18.2 Å². The normalized spacial score (nSPS) is 14.8. The lowest BCUT2D eigenvalue weighted by Crippen LogP contribution is -2.34. The van der Waals surface area contributed by atoms with E-state index in [-0.39, 0.29) is 17.1 Å². The summed E-state index contributed by atoms with van der Waals surface area (Å²) in [5, 5.41) is 9.03. The van der Waals surface area contributed by atoms with Gasteiger partial charge in [0.25, 0.3) is 0 Å². The van der Waals surface area contributed by atoms with Gasteiger partial charge in [-0.3, -0.25) is 0 Å². The fourth-order valence-corrected chi connectivity index (χ4v) is 4.03. The van der Waals surface area contributed by atoms with Crippen molar-refractivity contribution in [2.24, 2.45) is 0 Å². The van der Waals surface area contributed by atoms with E-state index in [1.165, 1.54) is 0 Å². The lowest BCUT2D eigenvalue weighted by molar-refractivity contribution is 0.0696. The molecule has 0 unspecified atom stereocenters. The number of carboxylic acid groups (broad SMARTS) is 1. The van der Waals surface area contributed by atoms with Crippen LogP contribution in [0.4, 0.5) is 5.69 Å². The van der Waals surface area contributed by atoms with E-state index < -0.39 is 15.8 Å². The molecule has 0 radical (unpaired) electrons. The van der Waals surface area contributed by atoms with Gasteiger partial charge >= 0.3 is 5.97 Å². The molecule has 1 heterocycles. The number of carboxylic acids is 1. The minimum atomic E-state index is -2.99. The molecule has 1 aromatic rings. The number of hydrogen-bond donors (Lipinski definition) is 1. The molecule has 6 heteroatoms. The summed E-state index contributed by atoms with van der Waals surface area (Å²) in [5.41, 5.74) is 2.25. The first kappa shape index (κ1) is 15.8. The average molecular weight is 311 g/mol. The van der Waals surface area contributed by atoms with Crippen molar-refractivity contribution in [1.82, 2.24) is 0 Å². The number of aryl methyl sites for hydroxylation is 1. The standard InChI is InChI=1S/C15H21NO4S/c1-2-9-21(19,20)10-8-16-7-3-4-12-11-13(15(17)18)5-6-14(12)16/h5-6,11H,2-4,7-10H2,1H3,(H,17,18). The van der Waals surface area contributed by atoms with Gasteiger partial charge in [0.15, 0.2) is 9.84 Å². The van der Waals surface area contributed by atoms with E-state index in [9.17, 15) is 13.2 Å². The number of sulfone groups is 1. The maximum absolute atomic E-state index is 11.8. The van der Waals surface area contributed by atoms with Crippen molar-refractivity contribution in [2.45, 2.75) is 26.2 Å². The van der Waals surface area contributed by atoms with Crippen molar-refractivity contribution < 1.29 is 18.3 Å². The van der Waals surface area contributed by atoms with Gasteiger partial charge in [-0.1, -0.05) is 6.92 Å². The molecule has 0 bridgehead atoms. The van der Waals surface area contributed by atoms with Crippen LogP contribution in [0.5, 0.6) is 0 Å². The Morgan fingerprint density at radius 1 is 1.33 bits per heavy atom. The Kier molecular flexibility index (Phi) is 4.88. The van der Waals surface area contributed by atoms with Crippen LogP contribution in [0.3, 0.4) is 0 Å². The Morgan fingerprint density at radius 3 is 2.76 bits per heavy atom. The highest BCUT2D eigenvalue weighted by molar-refractivity contribution is 7.91. The molecule has 0 amide bonds. The summed E-state index contributed by atoms with van der Waals surface area (Å²) in [6, 6.07) is 5.08. The molecule has 5 nitrogen and oxygen atoms in total. The van der Waals surface area contributed by atoms with E-state index in [1.807, 2.05) is 6.92 Å². The van der Waals surface area contributed by atoms with Crippen molar-refractivity contribution in [3.8, 4) is 0 Å². The topological polar surface area (TPSA) is 74.7 Å². The first-order valence-corrected chi connectivity index (χ1v) is 9.06. The van der Waals surface area contributed by atoms with Gasteiger partial charge in [0.05, 0.1) is 11.3 Å². The molecule has 0 saturated heterocycles. The average Bonchev–Trinajstić information content (AvgIpc) is 2.44. The van der Waals surface area contributed by atoms with Crippen LogP contribution in [0.15, 0.2) is 18.2 Å². The van der Waals surface area contributed by atoms with E-state index in [0.29, 0.717) is 13.0 Å².